The smallest absolute Gasteiger partial charge is 0.143 e. The van der Waals surface area contributed by atoms with Crippen LogP contribution in [0.3, 0.4) is 0 Å². The van der Waals surface area contributed by atoms with E-state index in [-0.39, 0.29) is 0 Å². The van der Waals surface area contributed by atoms with Crippen molar-refractivity contribution in [3.8, 4) is 5.75 Å². The van der Waals surface area contributed by atoms with Gasteiger partial charge in [-0.2, -0.15) is 0 Å². The van der Waals surface area contributed by atoms with Crippen LogP contribution in [0.15, 0.2) is 18.2 Å². The van der Waals surface area contributed by atoms with E-state index in [1.807, 2.05) is 12.1 Å². The lowest BCUT2D eigenvalue weighted by molar-refractivity contribution is 0.222. The lowest BCUT2D eigenvalue weighted by Gasteiger charge is -2.25. The van der Waals surface area contributed by atoms with Crippen molar-refractivity contribution < 1.29 is 4.74 Å². The molecule has 0 aliphatic heterocycles. The molecule has 0 amide bonds. The van der Waals surface area contributed by atoms with Crippen molar-refractivity contribution in [3.63, 3.8) is 0 Å². The maximum absolute atomic E-state index is 5.89. The van der Waals surface area contributed by atoms with Crippen LogP contribution in [0.4, 0.5) is 5.69 Å². The topological polar surface area (TPSA) is 35.2 Å². The highest BCUT2D eigenvalue weighted by molar-refractivity contribution is 6.33. The van der Waals surface area contributed by atoms with Crippen molar-refractivity contribution in [2.75, 3.05) is 12.3 Å². The molecule has 1 aliphatic rings. The summed E-state index contributed by atoms with van der Waals surface area (Å²) in [5.41, 5.74) is 6.34. The second-order valence-corrected chi connectivity index (χ2v) is 4.49. The van der Waals surface area contributed by atoms with Crippen LogP contribution in [0.1, 0.15) is 25.7 Å². The van der Waals surface area contributed by atoms with E-state index in [2.05, 4.69) is 0 Å². The molecule has 82 valence electrons. The Morgan fingerprint density at radius 3 is 2.87 bits per heavy atom. The van der Waals surface area contributed by atoms with Gasteiger partial charge in [0.2, 0.25) is 0 Å². The van der Waals surface area contributed by atoms with Gasteiger partial charge in [0.1, 0.15) is 5.75 Å². The number of ether oxygens (including phenoxy) is 1. The summed E-state index contributed by atoms with van der Waals surface area (Å²) in [6.45, 7) is 0.745. The summed E-state index contributed by atoms with van der Waals surface area (Å²) >= 11 is 5.89. The highest BCUT2D eigenvalue weighted by atomic mass is 35.5. The number of para-hydroxylation sites is 1. The van der Waals surface area contributed by atoms with Gasteiger partial charge in [-0.1, -0.05) is 36.9 Å². The number of nitrogens with two attached hydrogens (primary N) is 1. The predicted octanol–water partition coefficient (Wildman–Crippen LogP) is 3.49. The summed E-state index contributed by atoms with van der Waals surface area (Å²) in [5.74, 6) is 1.58. The molecule has 1 fully saturated rings. The fourth-order valence-corrected chi connectivity index (χ4v) is 1.93. The number of nitrogen functional groups attached to an aromatic ring is 1. The summed E-state index contributed by atoms with van der Waals surface area (Å²) in [6, 6.07) is 5.50. The lowest BCUT2D eigenvalue weighted by atomic mass is 9.83. The van der Waals surface area contributed by atoms with Crippen LogP contribution in [0.25, 0.3) is 0 Å². The predicted molar refractivity (Wildman–Crippen MR) is 63.3 cm³/mol. The van der Waals surface area contributed by atoms with E-state index in [1.54, 1.807) is 6.07 Å². The zero-order valence-electron chi connectivity index (χ0n) is 8.71. The van der Waals surface area contributed by atoms with Gasteiger partial charge >= 0.3 is 0 Å². The first-order valence-electron chi connectivity index (χ1n) is 5.44. The molecule has 1 saturated carbocycles. The molecule has 3 heteroatoms. The largest absolute Gasteiger partial charge is 0.491 e. The Labute approximate surface area is 95.4 Å². The standard InChI is InChI=1S/C12H16ClNO/c13-10-5-2-6-11(12(10)14)15-8-7-9-3-1-4-9/h2,5-6,9H,1,3-4,7-8,14H2. The summed E-state index contributed by atoms with van der Waals surface area (Å²) in [7, 11) is 0. The molecule has 2 nitrogen and oxygen atoms in total. The number of hydrogen-bond donors (Lipinski definition) is 1. The van der Waals surface area contributed by atoms with Gasteiger partial charge in [-0.25, -0.2) is 0 Å². The van der Waals surface area contributed by atoms with Crippen molar-refractivity contribution in [2.24, 2.45) is 5.92 Å². The van der Waals surface area contributed by atoms with E-state index in [1.165, 1.54) is 19.3 Å². The van der Waals surface area contributed by atoms with Gasteiger partial charge in [-0.3, -0.25) is 0 Å². The monoisotopic (exact) mass is 225 g/mol. The molecule has 1 aliphatic carbocycles. The second-order valence-electron chi connectivity index (χ2n) is 4.09. The summed E-state index contributed by atoms with van der Waals surface area (Å²) in [6.07, 6.45) is 5.22. The summed E-state index contributed by atoms with van der Waals surface area (Å²) < 4.78 is 5.61. The van der Waals surface area contributed by atoms with Gasteiger partial charge in [0, 0.05) is 0 Å². The van der Waals surface area contributed by atoms with Crippen LogP contribution in [-0.4, -0.2) is 6.61 Å². The Morgan fingerprint density at radius 1 is 1.40 bits per heavy atom. The molecule has 0 saturated heterocycles. The average Bonchev–Trinajstić information content (AvgIpc) is 2.16. The van der Waals surface area contributed by atoms with Crippen molar-refractivity contribution in [1.29, 1.82) is 0 Å². The van der Waals surface area contributed by atoms with E-state index >= 15 is 0 Å². The quantitative estimate of drug-likeness (QED) is 0.797. The first-order valence-corrected chi connectivity index (χ1v) is 5.82. The average molecular weight is 226 g/mol. The van der Waals surface area contributed by atoms with Crippen molar-refractivity contribution in [3.05, 3.63) is 23.2 Å². The van der Waals surface area contributed by atoms with Gasteiger partial charge in [-0.05, 0) is 24.5 Å². The van der Waals surface area contributed by atoms with Crippen LogP contribution in [0.5, 0.6) is 5.75 Å². The molecule has 0 unspecified atom stereocenters. The Hall–Kier alpha value is -0.890. The third kappa shape index (κ3) is 2.57. The summed E-state index contributed by atoms with van der Waals surface area (Å²) in [5, 5.41) is 0.566. The SMILES string of the molecule is Nc1c(Cl)cccc1OCCC1CCC1. The minimum Gasteiger partial charge on any atom is -0.491 e. The van der Waals surface area contributed by atoms with E-state index < -0.39 is 0 Å². The van der Waals surface area contributed by atoms with Crippen LogP contribution >= 0.6 is 11.6 Å². The van der Waals surface area contributed by atoms with Crippen LogP contribution in [0, 0.1) is 5.92 Å². The van der Waals surface area contributed by atoms with E-state index in [0.29, 0.717) is 16.5 Å². The van der Waals surface area contributed by atoms with Crippen LogP contribution in [0.2, 0.25) is 5.02 Å². The fourth-order valence-electron chi connectivity index (χ4n) is 1.76. The third-order valence-electron chi connectivity index (χ3n) is 3.02. The highest BCUT2D eigenvalue weighted by Crippen LogP contribution is 2.31. The zero-order chi connectivity index (χ0) is 10.7. The second kappa shape index (κ2) is 4.75. The lowest BCUT2D eigenvalue weighted by Crippen LogP contribution is -2.14. The van der Waals surface area contributed by atoms with Gasteiger partial charge in [0.15, 0.2) is 0 Å². The molecule has 0 atom stereocenters. The van der Waals surface area contributed by atoms with Gasteiger partial charge in [0.05, 0.1) is 17.3 Å². The van der Waals surface area contributed by atoms with Crippen LogP contribution in [-0.2, 0) is 0 Å². The molecule has 1 aromatic carbocycles. The molecule has 2 N–H and O–H groups in total. The Kier molecular flexibility index (Phi) is 3.37. The van der Waals surface area contributed by atoms with Crippen molar-refractivity contribution >= 4 is 17.3 Å². The zero-order valence-corrected chi connectivity index (χ0v) is 9.46. The Morgan fingerprint density at radius 2 is 2.20 bits per heavy atom. The normalized spacial score (nSPS) is 16.1. The third-order valence-corrected chi connectivity index (χ3v) is 3.35. The maximum atomic E-state index is 5.89. The minimum absolute atomic E-state index is 0.549. The molecular formula is C12H16ClNO. The molecule has 0 spiro atoms. The van der Waals surface area contributed by atoms with Gasteiger partial charge in [-0.15, -0.1) is 0 Å². The Bertz CT molecular complexity index is 336. The van der Waals surface area contributed by atoms with Crippen molar-refractivity contribution in [1.82, 2.24) is 0 Å². The van der Waals surface area contributed by atoms with Crippen molar-refractivity contribution in [2.45, 2.75) is 25.7 Å². The molecule has 0 aromatic heterocycles. The number of hydrogen-bond acceptors (Lipinski definition) is 2. The minimum atomic E-state index is 0.549. The molecule has 0 heterocycles. The first-order chi connectivity index (χ1) is 7.27. The van der Waals surface area contributed by atoms with Gasteiger partial charge < -0.3 is 10.5 Å². The molecule has 15 heavy (non-hydrogen) atoms. The van der Waals surface area contributed by atoms with Gasteiger partial charge in [0.25, 0.3) is 0 Å². The molecular weight excluding hydrogens is 210 g/mol. The molecule has 1 aromatic rings. The summed E-state index contributed by atoms with van der Waals surface area (Å²) in [4.78, 5) is 0. The van der Waals surface area contributed by atoms with Crippen LogP contribution < -0.4 is 10.5 Å². The number of benzene rings is 1. The fraction of sp³-hybridized carbons (Fsp3) is 0.500. The number of anilines is 1. The highest BCUT2D eigenvalue weighted by Gasteiger charge is 2.17. The number of halogens is 1. The van der Waals surface area contributed by atoms with E-state index in [9.17, 15) is 0 Å². The first kappa shape index (κ1) is 10.6. The maximum Gasteiger partial charge on any atom is 0.143 e. The molecule has 0 radical (unpaired) electrons. The Balaban J connectivity index is 1.84. The van der Waals surface area contributed by atoms with E-state index in [0.717, 1.165) is 18.9 Å². The molecule has 2 rings (SSSR count). The molecule has 0 bridgehead atoms. The number of rotatable bonds is 4. The van der Waals surface area contributed by atoms with E-state index in [4.69, 9.17) is 22.1 Å².